The van der Waals surface area contributed by atoms with E-state index in [1.54, 1.807) is 6.92 Å². The Morgan fingerprint density at radius 1 is 1.58 bits per heavy atom. The van der Waals surface area contributed by atoms with Gasteiger partial charge in [-0.1, -0.05) is 0 Å². The Labute approximate surface area is 72.6 Å². The topological polar surface area (TPSA) is 69.6 Å². The second-order valence-corrected chi connectivity index (χ2v) is 3.56. The molecule has 0 aliphatic rings. The first kappa shape index (κ1) is 11.4. The Kier molecular flexibility index (Phi) is 4.20. The summed E-state index contributed by atoms with van der Waals surface area (Å²) in [5.74, 6) is -0.874. The van der Waals surface area contributed by atoms with Crippen LogP contribution in [0.2, 0.25) is 0 Å². The van der Waals surface area contributed by atoms with Crippen LogP contribution in [-0.2, 0) is 4.79 Å². The highest BCUT2D eigenvalue weighted by Gasteiger charge is 2.22. The standard InChI is InChI=1S/C8H17NO3/c1-6(7(11)12)9-8(2,3)4-5-10/h6,9-10H,4-5H2,1-3H3,(H,11,12). The molecule has 0 saturated carbocycles. The van der Waals surface area contributed by atoms with Crippen molar-refractivity contribution in [2.24, 2.45) is 0 Å². The minimum absolute atomic E-state index is 0.0618. The van der Waals surface area contributed by atoms with E-state index in [1.165, 1.54) is 0 Å². The fourth-order valence-corrected chi connectivity index (χ4v) is 1.000. The second-order valence-electron chi connectivity index (χ2n) is 3.56. The number of aliphatic hydroxyl groups is 1. The monoisotopic (exact) mass is 175 g/mol. The summed E-state index contributed by atoms with van der Waals surface area (Å²) in [5.41, 5.74) is -0.327. The van der Waals surface area contributed by atoms with Crippen molar-refractivity contribution in [1.82, 2.24) is 5.32 Å². The average molecular weight is 175 g/mol. The summed E-state index contributed by atoms with van der Waals surface area (Å²) in [6.07, 6.45) is 0.546. The first-order valence-corrected chi connectivity index (χ1v) is 4.00. The molecule has 0 heterocycles. The van der Waals surface area contributed by atoms with E-state index < -0.39 is 12.0 Å². The summed E-state index contributed by atoms with van der Waals surface area (Å²) in [4.78, 5) is 10.5. The first-order chi connectivity index (χ1) is 5.39. The van der Waals surface area contributed by atoms with Crippen LogP contribution in [0.15, 0.2) is 0 Å². The fraction of sp³-hybridized carbons (Fsp3) is 0.875. The lowest BCUT2D eigenvalue weighted by Crippen LogP contribution is -2.48. The summed E-state index contributed by atoms with van der Waals surface area (Å²) in [7, 11) is 0. The molecule has 0 aromatic carbocycles. The molecule has 0 spiro atoms. The van der Waals surface area contributed by atoms with Crippen LogP contribution in [0.3, 0.4) is 0 Å². The Bertz CT molecular complexity index is 156. The number of carbonyl (C=O) groups is 1. The molecule has 0 fully saturated rings. The zero-order valence-corrected chi connectivity index (χ0v) is 7.79. The van der Waals surface area contributed by atoms with E-state index in [2.05, 4.69) is 5.32 Å². The van der Waals surface area contributed by atoms with Crippen LogP contribution in [0.5, 0.6) is 0 Å². The molecule has 0 bridgehead atoms. The minimum atomic E-state index is -0.874. The minimum Gasteiger partial charge on any atom is -0.480 e. The van der Waals surface area contributed by atoms with Crippen molar-refractivity contribution in [2.75, 3.05) is 6.61 Å². The first-order valence-electron chi connectivity index (χ1n) is 4.00. The Morgan fingerprint density at radius 3 is 2.42 bits per heavy atom. The van der Waals surface area contributed by atoms with Gasteiger partial charge >= 0.3 is 5.97 Å². The molecule has 4 nitrogen and oxygen atoms in total. The van der Waals surface area contributed by atoms with Gasteiger partial charge < -0.3 is 10.2 Å². The van der Waals surface area contributed by atoms with Crippen LogP contribution in [0.25, 0.3) is 0 Å². The third-order valence-corrected chi connectivity index (χ3v) is 1.71. The summed E-state index contributed by atoms with van der Waals surface area (Å²) in [6, 6.07) is -0.577. The normalized spacial score (nSPS) is 14.3. The second kappa shape index (κ2) is 4.42. The zero-order chi connectivity index (χ0) is 9.78. The van der Waals surface area contributed by atoms with Gasteiger partial charge in [0.2, 0.25) is 0 Å². The van der Waals surface area contributed by atoms with Crippen LogP contribution >= 0.6 is 0 Å². The van der Waals surface area contributed by atoms with Crippen molar-refractivity contribution in [3.63, 3.8) is 0 Å². The lowest BCUT2D eigenvalue weighted by Gasteiger charge is -2.27. The van der Waals surface area contributed by atoms with Gasteiger partial charge in [-0.15, -0.1) is 0 Å². The number of nitrogens with one attached hydrogen (secondary N) is 1. The highest BCUT2D eigenvalue weighted by Crippen LogP contribution is 2.08. The molecule has 0 amide bonds. The molecule has 0 aromatic rings. The summed E-state index contributed by atoms with van der Waals surface area (Å²) >= 11 is 0. The molecular formula is C8H17NO3. The maximum atomic E-state index is 10.5. The van der Waals surface area contributed by atoms with Gasteiger partial charge in [0.1, 0.15) is 6.04 Å². The van der Waals surface area contributed by atoms with Gasteiger partial charge in [0.15, 0.2) is 0 Å². The largest absolute Gasteiger partial charge is 0.480 e. The third-order valence-electron chi connectivity index (χ3n) is 1.71. The maximum Gasteiger partial charge on any atom is 0.320 e. The lowest BCUT2D eigenvalue weighted by atomic mass is 10.00. The molecule has 0 aliphatic carbocycles. The van der Waals surface area contributed by atoms with Crippen LogP contribution in [0, 0.1) is 0 Å². The van der Waals surface area contributed by atoms with Gasteiger partial charge in [0.05, 0.1) is 0 Å². The SMILES string of the molecule is CC(NC(C)(C)CCO)C(=O)O. The molecule has 1 unspecified atom stereocenters. The molecule has 0 radical (unpaired) electrons. The van der Waals surface area contributed by atoms with Crippen LogP contribution in [-0.4, -0.2) is 34.4 Å². The molecule has 3 N–H and O–H groups in total. The van der Waals surface area contributed by atoms with Crippen molar-refractivity contribution < 1.29 is 15.0 Å². The summed E-state index contributed by atoms with van der Waals surface area (Å²) in [6.45, 7) is 5.37. The van der Waals surface area contributed by atoms with E-state index in [4.69, 9.17) is 10.2 Å². The predicted molar refractivity (Wildman–Crippen MR) is 46.0 cm³/mol. The van der Waals surface area contributed by atoms with Crippen molar-refractivity contribution >= 4 is 5.97 Å². The molecular weight excluding hydrogens is 158 g/mol. The van der Waals surface area contributed by atoms with E-state index in [-0.39, 0.29) is 12.1 Å². The van der Waals surface area contributed by atoms with E-state index in [9.17, 15) is 4.79 Å². The smallest absolute Gasteiger partial charge is 0.320 e. The number of hydrogen-bond acceptors (Lipinski definition) is 3. The van der Waals surface area contributed by atoms with Gasteiger partial charge in [-0.2, -0.15) is 0 Å². The lowest BCUT2D eigenvalue weighted by molar-refractivity contribution is -0.139. The summed E-state index contributed by atoms with van der Waals surface area (Å²) in [5, 5.41) is 20.2. The van der Waals surface area contributed by atoms with Gasteiger partial charge in [0.25, 0.3) is 0 Å². The Hall–Kier alpha value is -0.610. The molecule has 0 aliphatic heterocycles. The molecule has 4 heteroatoms. The van der Waals surface area contributed by atoms with E-state index in [1.807, 2.05) is 13.8 Å². The number of aliphatic hydroxyl groups excluding tert-OH is 1. The Balaban J connectivity index is 3.95. The predicted octanol–water partition coefficient (Wildman–Crippen LogP) is 0.210. The van der Waals surface area contributed by atoms with Crippen molar-refractivity contribution in [3.05, 3.63) is 0 Å². The Morgan fingerprint density at radius 2 is 2.08 bits per heavy atom. The van der Waals surface area contributed by atoms with Crippen molar-refractivity contribution in [1.29, 1.82) is 0 Å². The van der Waals surface area contributed by atoms with Gasteiger partial charge in [-0.25, -0.2) is 0 Å². The van der Waals surface area contributed by atoms with Crippen molar-refractivity contribution in [2.45, 2.75) is 38.8 Å². The number of carboxylic acids is 1. The van der Waals surface area contributed by atoms with Gasteiger partial charge in [-0.05, 0) is 27.2 Å². The highest BCUT2D eigenvalue weighted by molar-refractivity contribution is 5.72. The number of aliphatic carboxylic acids is 1. The quantitative estimate of drug-likeness (QED) is 0.558. The average Bonchev–Trinajstić information content (AvgIpc) is 1.85. The van der Waals surface area contributed by atoms with Crippen LogP contribution in [0.1, 0.15) is 27.2 Å². The van der Waals surface area contributed by atoms with Crippen molar-refractivity contribution in [3.8, 4) is 0 Å². The van der Waals surface area contributed by atoms with E-state index >= 15 is 0 Å². The maximum absolute atomic E-state index is 10.5. The highest BCUT2D eigenvalue weighted by atomic mass is 16.4. The van der Waals surface area contributed by atoms with Crippen LogP contribution < -0.4 is 5.32 Å². The molecule has 0 rings (SSSR count). The third kappa shape index (κ3) is 4.31. The number of carboxylic acid groups (broad SMARTS) is 1. The van der Waals surface area contributed by atoms with Crippen LogP contribution in [0.4, 0.5) is 0 Å². The van der Waals surface area contributed by atoms with Gasteiger partial charge in [-0.3, -0.25) is 10.1 Å². The fourth-order valence-electron chi connectivity index (χ4n) is 1.000. The number of hydrogen-bond donors (Lipinski definition) is 3. The zero-order valence-electron chi connectivity index (χ0n) is 7.79. The van der Waals surface area contributed by atoms with E-state index in [0.29, 0.717) is 6.42 Å². The summed E-state index contributed by atoms with van der Waals surface area (Å²) < 4.78 is 0. The molecule has 1 atom stereocenters. The number of rotatable bonds is 5. The molecule has 0 saturated heterocycles. The van der Waals surface area contributed by atoms with Gasteiger partial charge in [0, 0.05) is 12.1 Å². The molecule has 0 aromatic heterocycles. The molecule has 12 heavy (non-hydrogen) atoms. The van der Waals surface area contributed by atoms with E-state index in [0.717, 1.165) is 0 Å². The molecule has 72 valence electrons.